The van der Waals surface area contributed by atoms with Crippen LogP contribution in [-0.4, -0.2) is 29.6 Å². The van der Waals surface area contributed by atoms with E-state index >= 15 is 0 Å². The van der Waals surface area contributed by atoms with Crippen LogP contribution in [0, 0.1) is 5.82 Å². The van der Waals surface area contributed by atoms with Gasteiger partial charge in [-0.3, -0.25) is 0 Å². The number of nitrogens with one attached hydrogen (secondary N) is 1. The van der Waals surface area contributed by atoms with E-state index in [0.29, 0.717) is 18.6 Å². The highest BCUT2D eigenvalue weighted by Gasteiger charge is 2.28. The van der Waals surface area contributed by atoms with Crippen molar-refractivity contribution in [2.45, 2.75) is 51.6 Å². The highest BCUT2D eigenvalue weighted by molar-refractivity contribution is 5.75. The van der Waals surface area contributed by atoms with Crippen molar-refractivity contribution in [1.29, 1.82) is 0 Å². The molecule has 20 heavy (non-hydrogen) atoms. The second kappa shape index (κ2) is 6.73. The van der Waals surface area contributed by atoms with Gasteiger partial charge in [0.25, 0.3) is 0 Å². The summed E-state index contributed by atoms with van der Waals surface area (Å²) in [6.07, 6.45) is 4.08. The lowest BCUT2D eigenvalue weighted by molar-refractivity contribution is 0.123. The van der Waals surface area contributed by atoms with Crippen molar-refractivity contribution in [3.8, 4) is 0 Å². The van der Waals surface area contributed by atoms with Gasteiger partial charge in [0.2, 0.25) is 0 Å². The number of amides is 2. The third kappa shape index (κ3) is 3.71. The van der Waals surface area contributed by atoms with E-state index in [0.717, 1.165) is 24.8 Å². The monoisotopic (exact) mass is 278 g/mol. The number of rotatable bonds is 3. The molecule has 1 aliphatic rings. The van der Waals surface area contributed by atoms with Crippen LogP contribution >= 0.6 is 0 Å². The molecule has 1 heterocycles. The molecule has 0 aromatic heterocycles. The molecule has 0 aliphatic carbocycles. The Hall–Kier alpha value is -1.58. The van der Waals surface area contributed by atoms with Gasteiger partial charge in [-0.2, -0.15) is 0 Å². The molecule has 0 radical (unpaired) electrons. The van der Waals surface area contributed by atoms with Gasteiger partial charge >= 0.3 is 6.03 Å². The summed E-state index contributed by atoms with van der Waals surface area (Å²) in [6.45, 7) is 4.80. The van der Waals surface area contributed by atoms with E-state index in [1.807, 2.05) is 4.90 Å². The molecule has 1 aromatic carbocycles. The first-order valence-electron chi connectivity index (χ1n) is 7.38. The zero-order valence-corrected chi connectivity index (χ0v) is 12.2. The molecule has 0 bridgehead atoms. The number of benzene rings is 1. The molecule has 1 fully saturated rings. The van der Waals surface area contributed by atoms with Gasteiger partial charge < -0.3 is 10.2 Å². The topological polar surface area (TPSA) is 32.3 Å². The first kappa shape index (κ1) is 14.8. The van der Waals surface area contributed by atoms with Crippen LogP contribution in [0.15, 0.2) is 24.3 Å². The first-order valence-corrected chi connectivity index (χ1v) is 7.38. The minimum atomic E-state index is -0.228. The lowest BCUT2D eigenvalue weighted by Gasteiger charge is -2.38. The number of hydrogen-bond acceptors (Lipinski definition) is 1. The van der Waals surface area contributed by atoms with Crippen molar-refractivity contribution < 1.29 is 9.18 Å². The van der Waals surface area contributed by atoms with Crippen LogP contribution in [0.4, 0.5) is 9.18 Å². The van der Waals surface area contributed by atoms with E-state index in [9.17, 15) is 9.18 Å². The lowest BCUT2D eigenvalue weighted by atomic mass is 9.98. The highest BCUT2D eigenvalue weighted by atomic mass is 19.1. The van der Waals surface area contributed by atoms with Crippen molar-refractivity contribution in [3.05, 3.63) is 35.6 Å². The number of piperidine rings is 1. The van der Waals surface area contributed by atoms with Gasteiger partial charge in [-0.1, -0.05) is 12.1 Å². The summed E-state index contributed by atoms with van der Waals surface area (Å²) in [5, 5.41) is 2.97. The van der Waals surface area contributed by atoms with E-state index in [4.69, 9.17) is 0 Å². The Balaban J connectivity index is 1.81. The summed E-state index contributed by atoms with van der Waals surface area (Å²) in [6, 6.07) is 7.06. The Kier molecular flexibility index (Phi) is 4.99. The quantitative estimate of drug-likeness (QED) is 0.903. The second-order valence-electron chi connectivity index (χ2n) is 5.64. The molecule has 110 valence electrons. The van der Waals surface area contributed by atoms with Gasteiger partial charge in [0.1, 0.15) is 5.82 Å². The summed E-state index contributed by atoms with van der Waals surface area (Å²) >= 11 is 0. The Morgan fingerprint density at radius 2 is 1.85 bits per heavy atom. The van der Waals surface area contributed by atoms with Crippen LogP contribution in [0.3, 0.4) is 0 Å². The van der Waals surface area contributed by atoms with Gasteiger partial charge in [-0.05, 0) is 57.2 Å². The maximum Gasteiger partial charge on any atom is 0.317 e. The Bertz CT molecular complexity index is 436. The van der Waals surface area contributed by atoms with Crippen molar-refractivity contribution in [1.82, 2.24) is 10.2 Å². The number of carbonyl (C=O) groups excluding carboxylic acids is 1. The molecule has 2 rings (SSSR count). The number of hydrogen-bond donors (Lipinski definition) is 1. The molecule has 2 amide bonds. The number of halogens is 1. The second-order valence-corrected chi connectivity index (χ2v) is 5.64. The first-order chi connectivity index (χ1) is 9.58. The molecule has 3 nitrogen and oxygen atoms in total. The van der Waals surface area contributed by atoms with Crippen LogP contribution < -0.4 is 5.32 Å². The fourth-order valence-electron chi connectivity index (χ4n) is 2.88. The van der Waals surface area contributed by atoms with E-state index in [2.05, 4.69) is 19.2 Å². The maximum atomic E-state index is 12.8. The van der Waals surface area contributed by atoms with Gasteiger partial charge in [0.15, 0.2) is 0 Å². The summed E-state index contributed by atoms with van der Waals surface area (Å²) in [4.78, 5) is 14.2. The average molecular weight is 278 g/mol. The smallest absolute Gasteiger partial charge is 0.317 e. The molecular weight excluding hydrogens is 255 g/mol. The van der Waals surface area contributed by atoms with Crippen molar-refractivity contribution in [2.24, 2.45) is 0 Å². The summed E-state index contributed by atoms with van der Waals surface area (Å²) < 4.78 is 12.8. The zero-order chi connectivity index (χ0) is 14.5. The zero-order valence-electron chi connectivity index (χ0n) is 12.2. The molecule has 1 N–H and O–H groups in total. The Morgan fingerprint density at radius 1 is 1.25 bits per heavy atom. The predicted octanol–water partition coefficient (Wildman–Crippen LogP) is 3.34. The maximum absolute atomic E-state index is 12.8. The molecular formula is C16H23FN2O. The lowest BCUT2D eigenvalue weighted by Crippen LogP contribution is -2.52. The normalized spacial score (nSPS) is 22.6. The molecule has 4 heteroatoms. The van der Waals surface area contributed by atoms with E-state index in [1.165, 1.54) is 18.6 Å². The third-order valence-corrected chi connectivity index (χ3v) is 4.03. The van der Waals surface area contributed by atoms with Gasteiger partial charge in [-0.25, -0.2) is 9.18 Å². The fraction of sp³-hybridized carbons (Fsp3) is 0.562. The summed E-state index contributed by atoms with van der Waals surface area (Å²) in [5.41, 5.74) is 1.03. The number of nitrogens with zero attached hydrogens (tertiary/aromatic N) is 1. The predicted molar refractivity (Wildman–Crippen MR) is 78.1 cm³/mol. The number of carbonyl (C=O) groups is 1. The van der Waals surface area contributed by atoms with Crippen molar-refractivity contribution in [2.75, 3.05) is 6.54 Å². The average Bonchev–Trinajstić information content (AvgIpc) is 2.41. The van der Waals surface area contributed by atoms with Crippen molar-refractivity contribution in [3.63, 3.8) is 0 Å². The van der Waals surface area contributed by atoms with Crippen LogP contribution in [-0.2, 0) is 6.42 Å². The van der Waals surface area contributed by atoms with Crippen LogP contribution in [0.1, 0.15) is 38.7 Å². The van der Waals surface area contributed by atoms with Gasteiger partial charge in [0.05, 0.1) is 0 Å². The van der Waals surface area contributed by atoms with Crippen molar-refractivity contribution >= 4 is 6.03 Å². The van der Waals surface area contributed by atoms with E-state index in [-0.39, 0.29) is 11.8 Å². The molecule has 2 atom stereocenters. The molecule has 1 aliphatic heterocycles. The molecule has 2 unspecified atom stereocenters. The minimum Gasteiger partial charge on any atom is -0.338 e. The number of likely N-dealkylation sites (tertiary alicyclic amines) is 1. The molecule has 1 saturated heterocycles. The largest absolute Gasteiger partial charge is 0.338 e. The fourth-order valence-corrected chi connectivity index (χ4v) is 2.88. The SMILES string of the molecule is CC1CCCC(C)N1C(=O)NCCc1ccc(F)cc1. The Labute approximate surface area is 120 Å². The molecule has 0 saturated carbocycles. The Morgan fingerprint density at radius 3 is 2.45 bits per heavy atom. The number of urea groups is 1. The van der Waals surface area contributed by atoms with Crippen LogP contribution in [0.25, 0.3) is 0 Å². The van der Waals surface area contributed by atoms with Crippen LogP contribution in [0.2, 0.25) is 0 Å². The van der Waals surface area contributed by atoms with E-state index < -0.39 is 0 Å². The van der Waals surface area contributed by atoms with Crippen LogP contribution in [0.5, 0.6) is 0 Å². The summed E-state index contributed by atoms with van der Waals surface area (Å²) in [5.74, 6) is -0.228. The van der Waals surface area contributed by atoms with Gasteiger partial charge in [0, 0.05) is 18.6 Å². The van der Waals surface area contributed by atoms with E-state index in [1.54, 1.807) is 12.1 Å². The summed E-state index contributed by atoms with van der Waals surface area (Å²) in [7, 11) is 0. The molecule has 1 aromatic rings. The third-order valence-electron chi connectivity index (χ3n) is 4.03. The molecule has 0 spiro atoms. The highest BCUT2D eigenvalue weighted by Crippen LogP contribution is 2.22. The van der Waals surface area contributed by atoms with Gasteiger partial charge in [-0.15, -0.1) is 0 Å². The standard InChI is InChI=1S/C16H23FN2O/c1-12-4-3-5-13(2)19(12)16(20)18-11-10-14-6-8-15(17)9-7-14/h6-9,12-13H,3-5,10-11H2,1-2H3,(H,18,20). The minimum absolute atomic E-state index is 0.0202.